The van der Waals surface area contributed by atoms with Crippen molar-refractivity contribution in [3.05, 3.63) is 0 Å². The van der Waals surface area contributed by atoms with Crippen molar-refractivity contribution in [2.75, 3.05) is 25.9 Å². The summed E-state index contributed by atoms with van der Waals surface area (Å²) in [6.45, 7) is 16.3. The predicted octanol–water partition coefficient (Wildman–Crippen LogP) is 1.90. The first-order chi connectivity index (χ1) is 9.26. The summed E-state index contributed by atoms with van der Waals surface area (Å²) in [6, 6.07) is 0. The molecule has 1 aliphatic heterocycles. The molecule has 1 saturated heterocycles. The van der Waals surface area contributed by atoms with E-state index in [1.807, 2.05) is 6.92 Å². The second-order valence-electron chi connectivity index (χ2n) is 7.73. The van der Waals surface area contributed by atoms with Gasteiger partial charge in [-0.15, -0.1) is 0 Å². The van der Waals surface area contributed by atoms with E-state index in [-0.39, 0.29) is 17.5 Å². The van der Waals surface area contributed by atoms with Crippen molar-refractivity contribution in [1.82, 2.24) is 10.2 Å². The van der Waals surface area contributed by atoms with Crippen LogP contribution in [-0.2, 0) is 9.84 Å². The third kappa shape index (κ3) is 3.35. The number of sulfone groups is 1. The van der Waals surface area contributed by atoms with Gasteiger partial charge >= 0.3 is 0 Å². The summed E-state index contributed by atoms with van der Waals surface area (Å²) >= 11 is 0. The molecule has 0 unspecified atom stereocenters. The maximum Gasteiger partial charge on any atom is 0.194 e. The van der Waals surface area contributed by atoms with E-state index in [9.17, 15) is 8.42 Å². The Bertz CT molecular complexity index is 519. The van der Waals surface area contributed by atoms with Crippen LogP contribution in [0, 0.1) is 5.41 Å². The fraction of sp³-hybridized carbons (Fsp3) is 0.933. The number of aliphatic imine (C=N–C) groups is 1. The molecule has 0 saturated carbocycles. The van der Waals surface area contributed by atoms with Crippen LogP contribution >= 0.6 is 0 Å². The predicted molar refractivity (Wildman–Crippen MR) is 89.5 cm³/mol. The van der Waals surface area contributed by atoms with Crippen LogP contribution in [0.5, 0.6) is 0 Å². The Labute approximate surface area is 130 Å². The molecule has 0 aliphatic carbocycles. The van der Waals surface area contributed by atoms with Crippen molar-refractivity contribution in [3.8, 4) is 0 Å². The van der Waals surface area contributed by atoms with Crippen LogP contribution in [0.15, 0.2) is 4.99 Å². The lowest BCUT2D eigenvalue weighted by atomic mass is 9.65. The first kappa shape index (κ1) is 18.3. The van der Waals surface area contributed by atoms with Gasteiger partial charge in [0.15, 0.2) is 15.8 Å². The highest BCUT2D eigenvalue weighted by Crippen LogP contribution is 2.46. The summed E-state index contributed by atoms with van der Waals surface area (Å²) < 4.78 is 22.8. The number of hydrogen-bond acceptors (Lipinski definition) is 3. The third-order valence-corrected chi connectivity index (χ3v) is 7.22. The fourth-order valence-corrected chi connectivity index (χ4v) is 2.48. The normalized spacial score (nSPS) is 21.9. The number of nitrogens with zero attached hydrogens (tertiary/aromatic N) is 2. The Kier molecular flexibility index (Phi) is 4.74. The lowest BCUT2D eigenvalue weighted by molar-refractivity contribution is -0.0667. The number of hydrogen-bond donors (Lipinski definition) is 1. The lowest BCUT2D eigenvalue weighted by Gasteiger charge is -2.62. The second-order valence-corrected chi connectivity index (χ2v) is 10.4. The smallest absolute Gasteiger partial charge is 0.194 e. The average molecular weight is 317 g/mol. The Morgan fingerprint density at radius 3 is 2.14 bits per heavy atom. The van der Waals surface area contributed by atoms with Crippen molar-refractivity contribution >= 4 is 15.8 Å². The van der Waals surface area contributed by atoms with Gasteiger partial charge in [0.05, 0.1) is 11.3 Å². The minimum Gasteiger partial charge on any atom is -0.356 e. The minimum absolute atomic E-state index is 0.00321. The number of nitrogens with one attached hydrogen (secondary N) is 1. The molecular formula is C15H31N3O2S. The minimum atomic E-state index is -3.13. The molecule has 21 heavy (non-hydrogen) atoms. The molecule has 1 rings (SSSR count). The van der Waals surface area contributed by atoms with Crippen LogP contribution in [0.3, 0.4) is 0 Å². The molecule has 0 spiro atoms. The quantitative estimate of drug-likeness (QED) is 0.635. The zero-order valence-electron chi connectivity index (χ0n) is 14.7. The van der Waals surface area contributed by atoms with Gasteiger partial charge in [-0.1, -0.05) is 13.8 Å². The summed E-state index contributed by atoms with van der Waals surface area (Å²) in [4.78, 5) is 6.82. The highest BCUT2D eigenvalue weighted by Gasteiger charge is 2.53. The van der Waals surface area contributed by atoms with Gasteiger partial charge in [-0.25, -0.2) is 8.42 Å². The number of rotatable bonds is 4. The third-order valence-electron chi connectivity index (χ3n) is 5.09. The zero-order valence-corrected chi connectivity index (χ0v) is 15.6. The van der Waals surface area contributed by atoms with Crippen LogP contribution < -0.4 is 5.32 Å². The van der Waals surface area contributed by atoms with Crippen molar-refractivity contribution in [1.29, 1.82) is 0 Å². The lowest BCUT2D eigenvalue weighted by Crippen LogP contribution is -2.72. The van der Waals surface area contributed by atoms with E-state index in [1.165, 1.54) is 6.26 Å². The standard InChI is InChI=1S/C15H31N3O2S/c1-9-16-12(17-10-14(4,5)21(8,19)20)18-11-13(2,3)15(18,6)7/h9-11H2,1-8H3,(H,16,17). The number of guanidine groups is 1. The van der Waals surface area contributed by atoms with Gasteiger partial charge in [-0.05, 0) is 34.6 Å². The molecule has 0 amide bonds. The van der Waals surface area contributed by atoms with E-state index in [0.717, 1.165) is 19.0 Å². The van der Waals surface area contributed by atoms with Crippen molar-refractivity contribution in [2.45, 2.75) is 58.8 Å². The summed E-state index contributed by atoms with van der Waals surface area (Å²) in [5, 5.41) is 3.28. The Morgan fingerprint density at radius 2 is 1.81 bits per heavy atom. The van der Waals surface area contributed by atoms with E-state index >= 15 is 0 Å². The van der Waals surface area contributed by atoms with Gasteiger partial charge in [0.25, 0.3) is 0 Å². The summed E-state index contributed by atoms with van der Waals surface area (Å²) in [5.41, 5.74) is 0.221. The largest absolute Gasteiger partial charge is 0.356 e. The van der Waals surface area contributed by atoms with Gasteiger partial charge in [0, 0.05) is 30.3 Å². The highest BCUT2D eigenvalue weighted by molar-refractivity contribution is 7.92. The van der Waals surface area contributed by atoms with Crippen molar-refractivity contribution in [3.63, 3.8) is 0 Å². The highest BCUT2D eigenvalue weighted by atomic mass is 32.2. The van der Waals surface area contributed by atoms with Crippen molar-refractivity contribution < 1.29 is 8.42 Å². The van der Waals surface area contributed by atoms with Crippen LogP contribution in [0.1, 0.15) is 48.5 Å². The molecule has 0 aromatic heterocycles. The molecule has 1 heterocycles. The molecule has 1 fully saturated rings. The topological polar surface area (TPSA) is 61.8 Å². The molecule has 0 atom stereocenters. The van der Waals surface area contributed by atoms with E-state index in [2.05, 4.69) is 42.9 Å². The number of likely N-dealkylation sites (tertiary alicyclic amines) is 1. The molecule has 0 aromatic carbocycles. The molecule has 0 radical (unpaired) electrons. The molecule has 5 nitrogen and oxygen atoms in total. The maximum atomic E-state index is 11.8. The Balaban J connectivity index is 2.97. The molecule has 6 heteroatoms. The average Bonchev–Trinajstić information content (AvgIpc) is 2.30. The Hall–Kier alpha value is -0.780. The van der Waals surface area contributed by atoms with Gasteiger partial charge in [0.2, 0.25) is 0 Å². The molecule has 0 bridgehead atoms. The summed E-state index contributed by atoms with van der Waals surface area (Å²) in [5.74, 6) is 0.804. The summed E-state index contributed by atoms with van der Waals surface area (Å²) in [7, 11) is -3.13. The van der Waals surface area contributed by atoms with Gasteiger partial charge in [0.1, 0.15) is 0 Å². The molecular weight excluding hydrogens is 286 g/mol. The molecule has 124 valence electrons. The molecule has 1 aliphatic rings. The van der Waals surface area contributed by atoms with E-state index in [0.29, 0.717) is 0 Å². The SMILES string of the molecule is CCNC(=NCC(C)(C)S(C)(=O)=O)N1CC(C)(C)C1(C)C. The monoisotopic (exact) mass is 317 g/mol. The van der Waals surface area contributed by atoms with E-state index < -0.39 is 14.6 Å². The zero-order chi connectivity index (χ0) is 16.7. The van der Waals surface area contributed by atoms with Gasteiger partial charge in [-0.2, -0.15) is 0 Å². The summed E-state index contributed by atoms with van der Waals surface area (Å²) in [6.07, 6.45) is 1.27. The van der Waals surface area contributed by atoms with E-state index in [1.54, 1.807) is 13.8 Å². The van der Waals surface area contributed by atoms with Crippen LogP contribution in [0.2, 0.25) is 0 Å². The Morgan fingerprint density at radius 1 is 1.29 bits per heavy atom. The van der Waals surface area contributed by atoms with Gasteiger partial charge < -0.3 is 10.2 Å². The van der Waals surface area contributed by atoms with E-state index in [4.69, 9.17) is 0 Å². The first-order valence-electron chi connectivity index (χ1n) is 7.52. The van der Waals surface area contributed by atoms with Gasteiger partial charge in [-0.3, -0.25) is 4.99 Å². The van der Waals surface area contributed by atoms with Crippen LogP contribution in [0.4, 0.5) is 0 Å². The van der Waals surface area contributed by atoms with Crippen molar-refractivity contribution in [2.24, 2.45) is 10.4 Å². The first-order valence-corrected chi connectivity index (χ1v) is 9.41. The molecule has 0 aromatic rings. The van der Waals surface area contributed by atoms with Crippen LogP contribution in [-0.4, -0.2) is 55.5 Å². The molecule has 1 N–H and O–H groups in total. The second kappa shape index (κ2) is 5.45. The van der Waals surface area contributed by atoms with Crippen LogP contribution in [0.25, 0.3) is 0 Å². The maximum absolute atomic E-state index is 11.8. The fourth-order valence-electron chi connectivity index (χ4n) is 2.18.